The smallest absolute Gasteiger partial charge is 0.116 e. The summed E-state index contributed by atoms with van der Waals surface area (Å²) < 4.78 is 21.6. The first-order chi connectivity index (χ1) is 6.37. The van der Waals surface area contributed by atoms with E-state index < -0.39 is 24.8 Å². The Labute approximate surface area is 77.2 Å². The standard InChI is InChI=1S/C8H17NO3/c1-8(12,5-7(10)11)6-9(2,3)4/h12H,5-6H2,1-4H3/i1D3. The minimum absolute atomic E-state index is 0.155. The first kappa shape index (κ1) is 6.86. The molecule has 4 nitrogen and oxygen atoms in total. The average molecular weight is 178 g/mol. The van der Waals surface area contributed by atoms with Gasteiger partial charge in [-0.05, 0) is 6.85 Å². The minimum atomic E-state index is -2.74. The van der Waals surface area contributed by atoms with Crippen LogP contribution in [-0.2, 0) is 4.79 Å². The molecule has 0 rings (SSSR count). The summed E-state index contributed by atoms with van der Waals surface area (Å²) in [5, 5.41) is 20.3. The molecule has 0 aliphatic rings. The molecule has 0 aromatic carbocycles. The quantitative estimate of drug-likeness (QED) is 0.538. The van der Waals surface area contributed by atoms with Gasteiger partial charge in [-0.25, -0.2) is 0 Å². The maximum Gasteiger partial charge on any atom is 0.116 e. The number of carbonyl (C=O) groups is 1. The first-order valence-electron chi connectivity index (χ1n) is 5.10. The second-order valence-electron chi connectivity index (χ2n) is 4.03. The van der Waals surface area contributed by atoms with Crippen LogP contribution in [0.1, 0.15) is 17.4 Å². The van der Waals surface area contributed by atoms with E-state index in [9.17, 15) is 15.0 Å². The maximum absolute atomic E-state index is 10.4. The molecule has 1 atom stereocenters. The third kappa shape index (κ3) is 6.12. The van der Waals surface area contributed by atoms with E-state index in [0.717, 1.165) is 0 Å². The van der Waals surface area contributed by atoms with Crippen molar-refractivity contribution in [3.8, 4) is 0 Å². The lowest BCUT2D eigenvalue weighted by Gasteiger charge is -2.33. The second kappa shape index (κ2) is 3.41. The van der Waals surface area contributed by atoms with Crippen LogP contribution >= 0.6 is 0 Å². The Morgan fingerprint density at radius 2 is 2.17 bits per heavy atom. The van der Waals surface area contributed by atoms with Crippen molar-refractivity contribution in [2.75, 3.05) is 27.7 Å². The zero-order chi connectivity index (χ0) is 12.5. The van der Waals surface area contributed by atoms with Gasteiger partial charge in [-0.15, -0.1) is 0 Å². The fourth-order valence-electron chi connectivity index (χ4n) is 1.08. The largest absolute Gasteiger partial charge is 0.550 e. The molecule has 1 unspecified atom stereocenters. The lowest BCUT2D eigenvalue weighted by molar-refractivity contribution is -0.876. The summed E-state index contributed by atoms with van der Waals surface area (Å²) in [6.07, 6.45) is -0.890. The van der Waals surface area contributed by atoms with E-state index >= 15 is 0 Å². The molecule has 12 heavy (non-hydrogen) atoms. The number of hydrogen-bond donors (Lipinski definition) is 1. The zero-order valence-electron chi connectivity index (χ0n) is 10.6. The van der Waals surface area contributed by atoms with Gasteiger partial charge in [-0.1, -0.05) is 0 Å². The Morgan fingerprint density at radius 3 is 2.42 bits per heavy atom. The molecule has 72 valence electrons. The van der Waals surface area contributed by atoms with Gasteiger partial charge in [0.1, 0.15) is 12.1 Å². The third-order valence-corrected chi connectivity index (χ3v) is 1.17. The molecule has 0 amide bonds. The molecule has 0 saturated heterocycles. The molecular formula is C8H17NO3. The third-order valence-electron chi connectivity index (χ3n) is 1.17. The molecule has 0 saturated carbocycles. The number of aliphatic hydroxyl groups is 1. The van der Waals surface area contributed by atoms with Crippen LogP contribution in [-0.4, -0.2) is 48.8 Å². The highest BCUT2D eigenvalue weighted by molar-refractivity contribution is 5.65. The molecule has 0 aromatic heterocycles. The number of hydrogen-bond acceptors (Lipinski definition) is 3. The SMILES string of the molecule is [2H]C([2H])([2H])C(O)(CC(=O)[O-])C[N+](C)(C)C. The summed E-state index contributed by atoms with van der Waals surface area (Å²) in [6.45, 7) is -2.92. The first-order valence-corrected chi connectivity index (χ1v) is 3.60. The van der Waals surface area contributed by atoms with Gasteiger partial charge in [-0.3, -0.25) is 0 Å². The van der Waals surface area contributed by atoms with Crippen molar-refractivity contribution >= 4 is 5.97 Å². The van der Waals surface area contributed by atoms with E-state index in [1.54, 1.807) is 21.1 Å². The van der Waals surface area contributed by atoms with Crippen LogP contribution in [0, 0.1) is 0 Å². The number of rotatable bonds is 4. The maximum atomic E-state index is 10.4. The van der Waals surface area contributed by atoms with Gasteiger partial charge in [0.05, 0.1) is 21.1 Å². The summed E-state index contributed by atoms with van der Waals surface area (Å²) in [6, 6.07) is 0. The van der Waals surface area contributed by atoms with Crippen molar-refractivity contribution in [3.63, 3.8) is 0 Å². The van der Waals surface area contributed by atoms with Crippen molar-refractivity contribution in [2.45, 2.75) is 18.9 Å². The molecule has 0 spiro atoms. The van der Waals surface area contributed by atoms with E-state index in [1.807, 2.05) is 0 Å². The molecule has 0 heterocycles. The van der Waals surface area contributed by atoms with Crippen molar-refractivity contribution < 1.29 is 23.6 Å². The Bertz CT molecular complexity index is 246. The van der Waals surface area contributed by atoms with E-state index in [1.165, 1.54) is 0 Å². The van der Waals surface area contributed by atoms with Crippen LogP contribution in [0.4, 0.5) is 0 Å². The summed E-state index contributed by atoms with van der Waals surface area (Å²) >= 11 is 0. The Kier molecular flexibility index (Phi) is 1.95. The Balaban J connectivity index is 4.96. The average Bonchev–Trinajstić information content (AvgIpc) is 1.75. The number of carboxylic acid groups (broad SMARTS) is 1. The van der Waals surface area contributed by atoms with Crippen LogP contribution < -0.4 is 5.11 Å². The topological polar surface area (TPSA) is 60.4 Å². The van der Waals surface area contributed by atoms with Gasteiger partial charge in [0.15, 0.2) is 0 Å². The summed E-state index contributed by atoms with van der Waals surface area (Å²) in [4.78, 5) is 10.4. The van der Waals surface area contributed by atoms with E-state index in [4.69, 9.17) is 4.11 Å². The molecular weight excluding hydrogens is 158 g/mol. The van der Waals surface area contributed by atoms with Crippen LogP contribution in [0.5, 0.6) is 0 Å². The van der Waals surface area contributed by atoms with Crippen LogP contribution in [0.15, 0.2) is 0 Å². The minimum Gasteiger partial charge on any atom is -0.550 e. The van der Waals surface area contributed by atoms with Gasteiger partial charge in [0, 0.05) is 16.5 Å². The Hall–Kier alpha value is -0.610. The van der Waals surface area contributed by atoms with E-state index in [0.29, 0.717) is 0 Å². The van der Waals surface area contributed by atoms with Crippen molar-refractivity contribution in [1.29, 1.82) is 0 Å². The second-order valence-corrected chi connectivity index (χ2v) is 4.03. The summed E-state index contributed by atoms with van der Waals surface area (Å²) in [7, 11) is 5.02. The van der Waals surface area contributed by atoms with Crippen molar-refractivity contribution in [2.24, 2.45) is 0 Å². The predicted molar refractivity (Wildman–Crippen MR) is 43.1 cm³/mol. The van der Waals surface area contributed by atoms with Gasteiger partial charge in [0.25, 0.3) is 0 Å². The fourth-order valence-corrected chi connectivity index (χ4v) is 1.08. The highest BCUT2D eigenvalue weighted by Crippen LogP contribution is 2.12. The number of carboxylic acids is 1. The van der Waals surface area contributed by atoms with Crippen molar-refractivity contribution in [1.82, 2.24) is 0 Å². The van der Waals surface area contributed by atoms with Crippen LogP contribution in [0.3, 0.4) is 0 Å². The molecule has 4 heteroatoms. The summed E-state index contributed by atoms with van der Waals surface area (Å²) in [5.74, 6) is -1.57. The number of nitrogens with zero attached hydrogens (tertiary/aromatic N) is 1. The van der Waals surface area contributed by atoms with E-state index in [-0.39, 0.29) is 11.0 Å². The van der Waals surface area contributed by atoms with Crippen molar-refractivity contribution in [3.05, 3.63) is 0 Å². The molecule has 1 N–H and O–H groups in total. The molecule has 0 aromatic rings. The Morgan fingerprint density at radius 1 is 1.67 bits per heavy atom. The number of carbonyl (C=O) groups excluding carboxylic acids is 1. The fraction of sp³-hybridized carbons (Fsp3) is 0.875. The zero-order valence-corrected chi connectivity index (χ0v) is 7.63. The lowest BCUT2D eigenvalue weighted by Crippen LogP contribution is -2.50. The van der Waals surface area contributed by atoms with E-state index in [2.05, 4.69) is 0 Å². The van der Waals surface area contributed by atoms with Crippen LogP contribution in [0.2, 0.25) is 0 Å². The van der Waals surface area contributed by atoms with Gasteiger partial charge < -0.3 is 19.5 Å². The molecule has 0 radical (unpaired) electrons. The lowest BCUT2D eigenvalue weighted by atomic mass is 10.0. The van der Waals surface area contributed by atoms with Gasteiger partial charge in [0.2, 0.25) is 0 Å². The van der Waals surface area contributed by atoms with Gasteiger partial charge in [-0.2, -0.15) is 0 Å². The predicted octanol–water partition coefficient (Wildman–Crippen LogP) is -1.42. The monoisotopic (exact) mass is 178 g/mol. The highest BCUT2D eigenvalue weighted by Gasteiger charge is 2.28. The van der Waals surface area contributed by atoms with Crippen LogP contribution in [0.25, 0.3) is 0 Å². The number of likely N-dealkylation sites (N-methyl/N-ethyl adjacent to an activating group) is 1. The highest BCUT2D eigenvalue weighted by atomic mass is 16.4. The molecule has 0 bridgehead atoms. The normalized spacial score (nSPS) is 21.8. The van der Waals surface area contributed by atoms with Gasteiger partial charge >= 0.3 is 0 Å². The number of quaternary nitrogens is 1. The summed E-state index contributed by atoms with van der Waals surface area (Å²) in [5.41, 5.74) is -2.25. The molecule has 0 aliphatic carbocycles. The number of aliphatic carboxylic acids is 1. The molecule has 0 fully saturated rings. The molecule has 0 aliphatic heterocycles.